The third kappa shape index (κ3) is 3.51. The summed E-state index contributed by atoms with van der Waals surface area (Å²) in [4.78, 5) is 16.7. The fourth-order valence-electron chi connectivity index (χ4n) is 4.22. The maximum Gasteiger partial charge on any atom is 0.287 e. The van der Waals surface area contributed by atoms with Gasteiger partial charge in [0.1, 0.15) is 5.58 Å². The van der Waals surface area contributed by atoms with Crippen molar-refractivity contribution < 1.29 is 13.9 Å². The van der Waals surface area contributed by atoms with Crippen LogP contribution >= 0.6 is 11.3 Å². The number of fused-ring (bicyclic) bond motifs is 3. The zero-order valence-electron chi connectivity index (χ0n) is 16.9. The van der Waals surface area contributed by atoms with Gasteiger partial charge in [-0.25, -0.2) is 0 Å². The number of hydrogen-bond donors (Lipinski definition) is 1. The lowest BCUT2D eigenvalue weighted by Gasteiger charge is -2.34. The maximum absolute atomic E-state index is 13.1. The van der Waals surface area contributed by atoms with Gasteiger partial charge in [0.05, 0.1) is 19.3 Å². The number of thiophene rings is 1. The van der Waals surface area contributed by atoms with Crippen LogP contribution in [-0.4, -0.2) is 43.7 Å². The van der Waals surface area contributed by atoms with Gasteiger partial charge in [0.2, 0.25) is 0 Å². The number of rotatable bonds is 5. The molecule has 1 N–H and O–H groups in total. The summed E-state index contributed by atoms with van der Waals surface area (Å²) in [6.07, 6.45) is 0. The molecule has 5 nitrogen and oxygen atoms in total. The molecule has 1 aliphatic heterocycles. The number of aryl methyl sites for hydroxylation is 1. The third-order valence-electron chi connectivity index (χ3n) is 5.85. The van der Waals surface area contributed by atoms with E-state index in [0.717, 1.165) is 53.6 Å². The summed E-state index contributed by atoms with van der Waals surface area (Å²) < 4.78 is 11.6. The summed E-state index contributed by atoms with van der Waals surface area (Å²) in [5.41, 5.74) is 1.66. The Morgan fingerprint density at radius 3 is 2.73 bits per heavy atom. The van der Waals surface area contributed by atoms with Gasteiger partial charge in [0.15, 0.2) is 5.76 Å². The molecule has 1 saturated heterocycles. The normalized spacial score (nSPS) is 16.2. The Labute approximate surface area is 179 Å². The van der Waals surface area contributed by atoms with Gasteiger partial charge >= 0.3 is 0 Å². The van der Waals surface area contributed by atoms with Gasteiger partial charge in [-0.05, 0) is 23.8 Å². The molecule has 6 heteroatoms. The lowest BCUT2D eigenvalue weighted by molar-refractivity contribution is 0.0169. The minimum atomic E-state index is -0.164. The number of nitrogens with one attached hydrogen (secondary N) is 1. The van der Waals surface area contributed by atoms with Crippen LogP contribution in [0.1, 0.15) is 27.0 Å². The fourth-order valence-corrected chi connectivity index (χ4v) is 5.08. The van der Waals surface area contributed by atoms with Crippen LogP contribution in [0.4, 0.5) is 0 Å². The van der Waals surface area contributed by atoms with Crippen LogP contribution in [0.5, 0.6) is 0 Å². The van der Waals surface area contributed by atoms with Crippen LogP contribution in [0.15, 0.2) is 58.3 Å². The molecule has 0 radical (unpaired) electrons. The summed E-state index contributed by atoms with van der Waals surface area (Å²) >= 11 is 1.72. The summed E-state index contributed by atoms with van der Waals surface area (Å²) in [6.45, 7) is 5.68. The number of nitrogens with zero attached hydrogens (tertiary/aromatic N) is 1. The van der Waals surface area contributed by atoms with Gasteiger partial charge < -0.3 is 14.5 Å². The van der Waals surface area contributed by atoms with Crippen LogP contribution in [0.25, 0.3) is 21.7 Å². The van der Waals surface area contributed by atoms with Gasteiger partial charge in [0, 0.05) is 40.8 Å². The molecule has 154 valence electrons. The molecule has 0 bridgehead atoms. The van der Waals surface area contributed by atoms with E-state index in [-0.39, 0.29) is 11.9 Å². The molecule has 1 amide bonds. The highest BCUT2D eigenvalue weighted by molar-refractivity contribution is 7.10. The summed E-state index contributed by atoms with van der Waals surface area (Å²) in [7, 11) is 0. The summed E-state index contributed by atoms with van der Waals surface area (Å²) in [6, 6.07) is 16.5. The van der Waals surface area contributed by atoms with Gasteiger partial charge in [0.25, 0.3) is 5.91 Å². The number of benzene rings is 2. The average Bonchev–Trinajstić information content (AvgIpc) is 3.43. The van der Waals surface area contributed by atoms with E-state index in [2.05, 4.69) is 39.9 Å². The Bertz CT molecular complexity index is 1180. The van der Waals surface area contributed by atoms with Gasteiger partial charge in [-0.1, -0.05) is 42.5 Å². The van der Waals surface area contributed by atoms with Crippen LogP contribution in [0, 0.1) is 6.92 Å². The molecule has 0 spiro atoms. The fraction of sp³-hybridized carbons (Fsp3) is 0.292. The molecule has 2 aromatic heterocycles. The summed E-state index contributed by atoms with van der Waals surface area (Å²) in [5.74, 6) is 0.232. The third-order valence-corrected chi connectivity index (χ3v) is 6.82. The van der Waals surface area contributed by atoms with E-state index < -0.39 is 0 Å². The van der Waals surface area contributed by atoms with Crippen LogP contribution in [0.2, 0.25) is 0 Å². The molecule has 4 aromatic rings. The Hall–Kier alpha value is -2.67. The molecule has 0 unspecified atom stereocenters. The molecule has 0 saturated carbocycles. The van der Waals surface area contributed by atoms with Crippen LogP contribution in [0.3, 0.4) is 0 Å². The van der Waals surface area contributed by atoms with Crippen molar-refractivity contribution in [2.24, 2.45) is 0 Å². The van der Waals surface area contributed by atoms with Gasteiger partial charge in [-0.3, -0.25) is 9.69 Å². The molecular formula is C24H24N2O3S. The molecule has 30 heavy (non-hydrogen) atoms. The Morgan fingerprint density at radius 1 is 1.10 bits per heavy atom. The first-order valence-corrected chi connectivity index (χ1v) is 11.1. The topological polar surface area (TPSA) is 54.7 Å². The molecule has 0 aliphatic carbocycles. The van der Waals surface area contributed by atoms with Crippen molar-refractivity contribution in [3.63, 3.8) is 0 Å². The van der Waals surface area contributed by atoms with Crippen molar-refractivity contribution in [1.82, 2.24) is 10.2 Å². The largest absolute Gasteiger partial charge is 0.450 e. The van der Waals surface area contributed by atoms with Crippen LogP contribution < -0.4 is 5.32 Å². The first kappa shape index (κ1) is 19.3. The predicted molar refractivity (Wildman–Crippen MR) is 120 cm³/mol. The lowest BCUT2D eigenvalue weighted by atomic mass is 10.1. The second-order valence-electron chi connectivity index (χ2n) is 7.61. The first-order chi connectivity index (χ1) is 14.7. The Kier molecular flexibility index (Phi) is 5.29. The van der Waals surface area contributed by atoms with Crippen molar-refractivity contribution in [1.29, 1.82) is 0 Å². The Morgan fingerprint density at radius 2 is 1.93 bits per heavy atom. The number of amides is 1. The number of carbonyl (C=O) groups excluding carboxylic acids is 1. The van der Waals surface area contributed by atoms with Crippen molar-refractivity contribution in [3.8, 4) is 0 Å². The molecular weight excluding hydrogens is 396 g/mol. The monoisotopic (exact) mass is 420 g/mol. The van der Waals surface area contributed by atoms with E-state index in [1.807, 2.05) is 31.2 Å². The molecule has 1 fully saturated rings. The average molecular weight is 421 g/mol. The second kappa shape index (κ2) is 8.22. The highest BCUT2D eigenvalue weighted by atomic mass is 32.1. The summed E-state index contributed by atoms with van der Waals surface area (Å²) in [5, 5.41) is 8.33. The second-order valence-corrected chi connectivity index (χ2v) is 8.59. The standard InChI is InChI=1S/C24H24N2O3S/c1-16-18-9-8-17-5-2-3-6-19(17)23(18)29-22(16)24(27)25-15-20(21-7-4-14-30-21)26-10-12-28-13-11-26/h2-9,14,20H,10-13,15H2,1H3,(H,25,27)/t20-/m1/s1. The predicted octanol–water partition coefficient (Wildman–Crippen LogP) is 4.76. The minimum absolute atomic E-state index is 0.142. The molecule has 1 aliphatic rings. The highest BCUT2D eigenvalue weighted by Crippen LogP contribution is 2.32. The van der Waals surface area contributed by atoms with Crippen LogP contribution in [-0.2, 0) is 4.74 Å². The number of carbonyl (C=O) groups is 1. The number of hydrogen-bond acceptors (Lipinski definition) is 5. The number of ether oxygens (including phenoxy) is 1. The number of morpholine rings is 1. The van der Waals surface area contributed by atoms with E-state index >= 15 is 0 Å². The molecule has 3 heterocycles. The molecule has 5 rings (SSSR count). The lowest BCUT2D eigenvalue weighted by Crippen LogP contribution is -2.43. The van der Waals surface area contributed by atoms with Gasteiger partial charge in [-0.15, -0.1) is 11.3 Å². The number of furan rings is 1. The SMILES string of the molecule is Cc1c(C(=O)NC[C@H](c2cccs2)N2CCOCC2)oc2c1ccc1ccccc12. The molecule has 2 aromatic carbocycles. The van der Waals surface area contributed by atoms with Gasteiger partial charge in [-0.2, -0.15) is 0 Å². The zero-order valence-corrected chi connectivity index (χ0v) is 17.7. The van der Waals surface area contributed by atoms with Crippen molar-refractivity contribution in [3.05, 3.63) is 70.1 Å². The van der Waals surface area contributed by atoms with Crippen molar-refractivity contribution in [2.75, 3.05) is 32.8 Å². The minimum Gasteiger partial charge on any atom is -0.450 e. The van der Waals surface area contributed by atoms with E-state index in [4.69, 9.17) is 9.15 Å². The van der Waals surface area contributed by atoms with E-state index in [1.165, 1.54) is 4.88 Å². The Balaban J connectivity index is 1.41. The quantitative estimate of drug-likeness (QED) is 0.506. The van der Waals surface area contributed by atoms with E-state index in [0.29, 0.717) is 12.3 Å². The smallest absolute Gasteiger partial charge is 0.287 e. The van der Waals surface area contributed by atoms with E-state index in [1.54, 1.807) is 11.3 Å². The molecule has 1 atom stereocenters. The maximum atomic E-state index is 13.1. The van der Waals surface area contributed by atoms with Crippen molar-refractivity contribution >= 4 is 39.0 Å². The first-order valence-electron chi connectivity index (χ1n) is 10.3. The zero-order chi connectivity index (χ0) is 20.5. The van der Waals surface area contributed by atoms with E-state index in [9.17, 15) is 4.79 Å². The highest BCUT2D eigenvalue weighted by Gasteiger charge is 2.25. The van der Waals surface area contributed by atoms with Crippen molar-refractivity contribution in [2.45, 2.75) is 13.0 Å².